The van der Waals surface area contributed by atoms with Crippen LogP contribution in [-0.4, -0.2) is 6.54 Å². The molecule has 0 aromatic carbocycles. The molecule has 0 aromatic heterocycles. The normalized spacial score (nSPS) is 20.9. The molecule has 1 rings (SSSR count). The summed E-state index contributed by atoms with van der Waals surface area (Å²) in [5.41, 5.74) is 5.33. The van der Waals surface area contributed by atoms with Gasteiger partial charge in [0, 0.05) is 6.54 Å². The highest BCUT2D eigenvalue weighted by Gasteiger charge is 2.12. The van der Waals surface area contributed by atoms with E-state index in [2.05, 4.69) is 12.2 Å². The molecule has 0 amide bonds. The molecule has 1 aliphatic carbocycles. The third-order valence-electron chi connectivity index (χ3n) is 2.25. The summed E-state index contributed by atoms with van der Waals surface area (Å²) in [7, 11) is 0. The van der Waals surface area contributed by atoms with E-state index in [1.807, 2.05) is 0 Å². The van der Waals surface area contributed by atoms with Crippen molar-refractivity contribution in [2.45, 2.75) is 32.1 Å². The van der Waals surface area contributed by atoms with E-state index in [0.717, 1.165) is 5.92 Å². The van der Waals surface area contributed by atoms with Crippen molar-refractivity contribution in [3.63, 3.8) is 0 Å². The Morgan fingerprint density at radius 3 is 2.50 bits per heavy atom. The number of allylic oxidation sites excluding steroid dienone is 1. The molecule has 0 radical (unpaired) electrons. The van der Waals surface area contributed by atoms with E-state index in [1.54, 1.807) is 0 Å². The summed E-state index contributed by atoms with van der Waals surface area (Å²) in [4.78, 5) is 0. The van der Waals surface area contributed by atoms with Gasteiger partial charge in [-0.3, -0.25) is 0 Å². The first-order chi connectivity index (χ1) is 4.93. The first-order valence-corrected chi connectivity index (χ1v) is 4.28. The van der Waals surface area contributed by atoms with Crippen molar-refractivity contribution < 1.29 is 0 Å². The van der Waals surface area contributed by atoms with E-state index >= 15 is 0 Å². The van der Waals surface area contributed by atoms with Gasteiger partial charge in [-0.2, -0.15) is 0 Å². The van der Waals surface area contributed by atoms with Crippen LogP contribution < -0.4 is 5.73 Å². The SMILES string of the molecule is NC/C=C\CC1CCCC1. The Bertz CT molecular complexity index is 101. The van der Waals surface area contributed by atoms with Gasteiger partial charge in [-0.1, -0.05) is 37.8 Å². The summed E-state index contributed by atoms with van der Waals surface area (Å²) in [6.07, 6.45) is 11.3. The molecule has 1 saturated carbocycles. The van der Waals surface area contributed by atoms with Crippen molar-refractivity contribution in [1.82, 2.24) is 0 Å². The molecule has 0 unspecified atom stereocenters. The summed E-state index contributed by atoms with van der Waals surface area (Å²) < 4.78 is 0. The zero-order chi connectivity index (χ0) is 7.23. The van der Waals surface area contributed by atoms with Crippen molar-refractivity contribution in [2.24, 2.45) is 11.7 Å². The van der Waals surface area contributed by atoms with Crippen molar-refractivity contribution >= 4 is 0 Å². The fraction of sp³-hybridized carbons (Fsp3) is 0.778. The quantitative estimate of drug-likeness (QED) is 0.595. The van der Waals surface area contributed by atoms with Crippen LogP contribution in [0.5, 0.6) is 0 Å². The lowest BCUT2D eigenvalue weighted by Gasteiger charge is -2.02. The topological polar surface area (TPSA) is 26.0 Å². The molecule has 1 fully saturated rings. The van der Waals surface area contributed by atoms with E-state index in [4.69, 9.17) is 5.73 Å². The molecule has 58 valence electrons. The second-order valence-electron chi connectivity index (χ2n) is 3.09. The molecule has 0 atom stereocenters. The predicted octanol–water partition coefficient (Wildman–Crippen LogP) is 2.08. The molecule has 2 N–H and O–H groups in total. The fourth-order valence-corrected chi connectivity index (χ4v) is 1.63. The smallest absolute Gasteiger partial charge is 0.0106 e. The van der Waals surface area contributed by atoms with Gasteiger partial charge in [0.2, 0.25) is 0 Å². The van der Waals surface area contributed by atoms with E-state index < -0.39 is 0 Å². The summed E-state index contributed by atoms with van der Waals surface area (Å²) in [6, 6.07) is 0. The molecule has 1 aliphatic rings. The van der Waals surface area contributed by atoms with Gasteiger partial charge in [-0.15, -0.1) is 0 Å². The maximum absolute atomic E-state index is 5.33. The summed E-state index contributed by atoms with van der Waals surface area (Å²) in [5, 5.41) is 0. The largest absolute Gasteiger partial charge is 0.327 e. The first-order valence-electron chi connectivity index (χ1n) is 4.28. The molecule has 0 aliphatic heterocycles. The van der Waals surface area contributed by atoms with Crippen LogP contribution in [0.25, 0.3) is 0 Å². The second kappa shape index (κ2) is 4.51. The van der Waals surface area contributed by atoms with Gasteiger partial charge in [-0.05, 0) is 12.3 Å². The Kier molecular flexibility index (Phi) is 3.52. The Hall–Kier alpha value is -0.300. The molecule has 0 heterocycles. The molecule has 0 bridgehead atoms. The maximum Gasteiger partial charge on any atom is 0.0106 e. The molecule has 0 saturated heterocycles. The van der Waals surface area contributed by atoms with Gasteiger partial charge in [0.1, 0.15) is 0 Å². The lowest BCUT2D eigenvalue weighted by Crippen LogP contribution is -1.94. The number of hydrogen-bond acceptors (Lipinski definition) is 1. The van der Waals surface area contributed by atoms with Gasteiger partial charge < -0.3 is 5.73 Å². The van der Waals surface area contributed by atoms with Crippen LogP contribution in [0.2, 0.25) is 0 Å². The molecule has 0 aromatic rings. The predicted molar refractivity (Wildman–Crippen MR) is 44.8 cm³/mol. The van der Waals surface area contributed by atoms with Gasteiger partial charge in [-0.25, -0.2) is 0 Å². The van der Waals surface area contributed by atoms with E-state index in [9.17, 15) is 0 Å². The molecular formula is C9H17N. The van der Waals surface area contributed by atoms with Crippen molar-refractivity contribution in [3.8, 4) is 0 Å². The minimum absolute atomic E-state index is 0.701. The highest BCUT2D eigenvalue weighted by molar-refractivity contribution is 4.85. The van der Waals surface area contributed by atoms with E-state index in [0.29, 0.717) is 6.54 Å². The van der Waals surface area contributed by atoms with Crippen molar-refractivity contribution in [2.75, 3.05) is 6.54 Å². The Labute approximate surface area is 63.3 Å². The zero-order valence-electron chi connectivity index (χ0n) is 6.55. The number of nitrogens with two attached hydrogens (primary N) is 1. The van der Waals surface area contributed by atoms with E-state index in [1.165, 1.54) is 32.1 Å². The highest BCUT2D eigenvalue weighted by Crippen LogP contribution is 2.27. The lowest BCUT2D eigenvalue weighted by molar-refractivity contribution is 0.557. The standard InChI is InChI=1S/C9H17N/c10-8-4-3-7-9-5-1-2-6-9/h3-4,9H,1-2,5-8,10H2/b4-3-. The minimum Gasteiger partial charge on any atom is -0.327 e. The van der Waals surface area contributed by atoms with Crippen LogP contribution in [0.4, 0.5) is 0 Å². The van der Waals surface area contributed by atoms with Gasteiger partial charge in [0.25, 0.3) is 0 Å². The summed E-state index contributed by atoms with van der Waals surface area (Å²) in [5.74, 6) is 0.975. The summed E-state index contributed by atoms with van der Waals surface area (Å²) in [6.45, 7) is 0.701. The third kappa shape index (κ3) is 2.53. The van der Waals surface area contributed by atoms with Crippen molar-refractivity contribution in [1.29, 1.82) is 0 Å². The minimum atomic E-state index is 0.701. The van der Waals surface area contributed by atoms with Crippen molar-refractivity contribution in [3.05, 3.63) is 12.2 Å². The number of hydrogen-bond donors (Lipinski definition) is 1. The third-order valence-corrected chi connectivity index (χ3v) is 2.25. The Balaban J connectivity index is 2.06. The van der Waals surface area contributed by atoms with Crippen LogP contribution in [0.3, 0.4) is 0 Å². The van der Waals surface area contributed by atoms with E-state index in [-0.39, 0.29) is 0 Å². The zero-order valence-corrected chi connectivity index (χ0v) is 6.55. The average molecular weight is 139 g/mol. The van der Waals surface area contributed by atoms with Crippen LogP contribution in [0, 0.1) is 5.92 Å². The van der Waals surface area contributed by atoms with Crippen LogP contribution in [0.15, 0.2) is 12.2 Å². The lowest BCUT2D eigenvalue weighted by atomic mass is 10.0. The molecule has 1 heteroatoms. The van der Waals surface area contributed by atoms with Gasteiger partial charge in [0.05, 0.1) is 0 Å². The summed E-state index contributed by atoms with van der Waals surface area (Å²) >= 11 is 0. The number of rotatable bonds is 3. The maximum atomic E-state index is 5.33. The van der Waals surface area contributed by atoms with Crippen LogP contribution in [0.1, 0.15) is 32.1 Å². The Morgan fingerprint density at radius 2 is 1.90 bits per heavy atom. The monoisotopic (exact) mass is 139 g/mol. The second-order valence-corrected chi connectivity index (χ2v) is 3.09. The van der Waals surface area contributed by atoms with Crippen LogP contribution >= 0.6 is 0 Å². The molecule has 0 spiro atoms. The van der Waals surface area contributed by atoms with Gasteiger partial charge in [0.15, 0.2) is 0 Å². The molecule has 1 nitrogen and oxygen atoms in total. The fourth-order valence-electron chi connectivity index (χ4n) is 1.63. The highest BCUT2D eigenvalue weighted by atomic mass is 14.5. The van der Waals surface area contributed by atoms with Gasteiger partial charge >= 0.3 is 0 Å². The molecule has 10 heavy (non-hydrogen) atoms. The average Bonchev–Trinajstić information content (AvgIpc) is 2.41. The first kappa shape index (κ1) is 7.80. The molecular weight excluding hydrogens is 122 g/mol. The Morgan fingerprint density at radius 1 is 1.20 bits per heavy atom. The van der Waals surface area contributed by atoms with Crippen LogP contribution in [-0.2, 0) is 0 Å².